The Kier molecular flexibility index (Phi) is 41.6. The van der Waals surface area contributed by atoms with Crippen molar-refractivity contribution >= 4 is 23.5 Å². The van der Waals surface area contributed by atoms with Crippen molar-refractivity contribution in [3.63, 3.8) is 0 Å². The first-order valence-corrected chi connectivity index (χ1v) is 41.6. The van der Waals surface area contributed by atoms with Crippen LogP contribution in [0.25, 0.3) is 0 Å². The van der Waals surface area contributed by atoms with E-state index < -0.39 is 55.5 Å². The van der Waals surface area contributed by atoms with Crippen LogP contribution in [0.4, 0.5) is 0 Å². The molecule has 0 saturated carbocycles. The monoisotopic (exact) mass is 1680 g/mol. The average Bonchev–Trinajstić information content (AvgIpc) is 1.70. The van der Waals surface area contributed by atoms with E-state index in [0.717, 1.165) is 132 Å². The van der Waals surface area contributed by atoms with E-state index in [1.54, 1.807) is 75.1 Å². The fourth-order valence-electron chi connectivity index (χ4n) is 13.5. The molecule has 7 heterocycles. The minimum atomic E-state index is -1.52. The van der Waals surface area contributed by atoms with E-state index in [4.69, 9.17) is 91.1 Å². The minimum absolute atomic E-state index is 0.0431. The maximum absolute atomic E-state index is 9.97. The van der Waals surface area contributed by atoms with Crippen LogP contribution >= 0.6 is 23.5 Å². The number of phenolic OH excluding ortho intramolecular Hbond substituents is 5. The number of nitrogens with zero attached hydrogens (tertiary/aromatic N) is 3. The molecule has 8 atom stereocenters. The third kappa shape index (κ3) is 28.9. The number of benzene rings is 5. The van der Waals surface area contributed by atoms with Crippen molar-refractivity contribution < 1.29 is 137 Å². The summed E-state index contributed by atoms with van der Waals surface area (Å²) in [6.45, 7) is 7.40. The van der Waals surface area contributed by atoms with Crippen molar-refractivity contribution in [3.05, 3.63) is 143 Å². The fraction of sp³-hybridized carbons (Fsp3) is 0.590. The Labute approximate surface area is 692 Å². The average molecular weight is 1690 g/mol. The van der Waals surface area contributed by atoms with Gasteiger partial charge in [-0.2, -0.15) is 0 Å². The molecular formula is C83H120N4O28S2. The second kappa shape index (κ2) is 51.0. The van der Waals surface area contributed by atoms with Crippen molar-refractivity contribution in [1.29, 1.82) is 0 Å². The van der Waals surface area contributed by atoms with Gasteiger partial charge in [0.2, 0.25) is 0 Å². The highest BCUT2D eigenvalue weighted by molar-refractivity contribution is 8.20. The number of aromatic hydroxyl groups is 5. The highest BCUT2D eigenvalue weighted by Crippen LogP contribution is 2.56. The van der Waals surface area contributed by atoms with Gasteiger partial charge in [0.1, 0.15) is 30.7 Å². The number of phenols is 5. The number of aliphatic hydroxyl groups excluding tert-OH is 7. The number of thioether (sulfide) groups is 2. The zero-order valence-corrected chi connectivity index (χ0v) is 69.0. The SMILES string of the molecule is COc1cc(C2(CCCCCO)SCCS2)ccc1O.COc1cc(C2(OCCOCCCc3cncnc3)OCCO2)ccc1O.COc1cc(C2(OCCO[C@H]3OC(CO)[C@@H](O)C(O)[C@H]3O)OCCO2)ccc1O.COc1cc(C2CNCN(CCCCCO)C2)ccc1O.COc1cc(C2OCC(CCCCCO)O2)ccc1O. The van der Waals surface area contributed by atoms with Crippen molar-refractivity contribution in [2.24, 2.45) is 0 Å². The maximum Gasteiger partial charge on any atom is 0.312 e. The summed E-state index contributed by atoms with van der Waals surface area (Å²) in [7, 11) is 7.57. The molecule has 0 aliphatic carbocycles. The van der Waals surface area contributed by atoms with Crippen LogP contribution < -0.4 is 29.0 Å². The summed E-state index contributed by atoms with van der Waals surface area (Å²) in [6, 6.07) is 25.8. The summed E-state index contributed by atoms with van der Waals surface area (Å²) in [4.78, 5) is 10.4. The summed E-state index contributed by atoms with van der Waals surface area (Å²) < 4.78 is 87.8. The predicted octanol–water partition coefficient (Wildman–Crippen LogP) is 7.87. The molecule has 1 aromatic heterocycles. The van der Waals surface area contributed by atoms with Gasteiger partial charge in [0.15, 0.2) is 70.1 Å². The third-order valence-electron chi connectivity index (χ3n) is 19.8. The Morgan fingerprint density at radius 3 is 1.56 bits per heavy atom. The normalized spacial score (nSPS) is 21.7. The number of methoxy groups -OCH3 is 5. The van der Waals surface area contributed by atoms with E-state index in [1.807, 2.05) is 47.8 Å². The molecule has 5 aromatic carbocycles. The van der Waals surface area contributed by atoms with Gasteiger partial charge in [-0.1, -0.05) is 43.9 Å². The van der Waals surface area contributed by atoms with Crippen LogP contribution in [0.1, 0.15) is 123 Å². The predicted molar refractivity (Wildman–Crippen MR) is 433 cm³/mol. The smallest absolute Gasteiger partial charge is 0.312 e. The number of unbranched alkanes of at least 4 members (excludes halogenated alkanes) is 6. The number of ether oxygens (including phenoxy) is 16. The summed E-state index contributed by atoms with van der Waals surface area (Å²) >= 11 is 3.98. The van der Waals surface area contributed by atoms with Crippen LogP contribution in [0.15, 0.2) is 110 Å². The Balaban J connectivity index is 0.000000184. The lowest BCUT2D eigenvalue weighted by Crippen LogP contribution is -2.59. The van der Waals surface area contributed by atoms with Gasteiger partial charge in [0.25, 0.3) is 0 Å². The first-order chi connectivity index (χ1) is 56.8. The van der Waals surface area contributed by atoms with Gasteiger partial charge in [0.05, 0.1) is 112 Å². The number of aromatic nitrogens is 2. The number of rotatable bonds is 39. The van der Waals surface area contributed by atoms with Crippen molar-refractivity contribution in [1.82, 2.24) is 20.2 Å². The molecule has 652 valence electrons. The van der Waals surface area contributed by atoms with Crippen molar-refractivity contribution in [3.8, 4) is 57.5 Å². The van der Waals surface area contributed by atoms with E-state index in [2.05, 4.69) is 20.2 Å². The molecular weight excluding hydrogens is 1570 g/mol. The second-order valence-corrected chi connectivity index (χ2v) is 31.0. The molecule has 0 bridgehead atoms. The molecule has 12 rings (SSSR count). The Bertz CT molecular complexity index is 3770. The van der Waals surface area contributed by atoms with E-state index >= 15 is 0 Å². The molecule has 34 heteroatoms. The van der Waals surface area contributed by atoms with Crippen LogP contribution in [-0.2, 0) is 74.6 Å². The van der Waals surface area contributed by atoms with Gasteiger partial charge in [-0.05, 0) is 154 Å². The summed E-state index contributed by atoms with van der Waals surface area (Å²) in [5.74, 6) is 2.45. The number of aryl methyl sites for hydroxylation is 1. The summed E-state index contributed by atoms with van der Waals surface area (Å²) in [6.07, 6.45) is 10.8. The Morgan fingerprint density at radius 2 is 1.01 bits per heavy atom. The van der Waals surface area contributed by atoms with Crippen molar-refractivity contribution in [2.75, 3.05) is 166 Å². The number of nitrogens with one attached hydrogen (secondary N) is 1. The molecule has 0 spiro atoms. The lowest BCUT2D eigenvalue weighted by atomic mass is 9.96. The summed E-state index contributed by atoms with van der Waals surface area (Å²) in [5.41, 5.74) is 5.44. The Morgan fingerprint density at radius 1 is 0.513 bits per heavy atom. The van der Waals surface area contributed by atoms with Gasteiger partial charge in [0, 0.05) is 92.7 Å². The highest BCUT2D eigenvalue weighted by atomic mass is 32.2. The lowest BCUT2D eigenvalue weighted by Gasteiger charge is -2.39. The zero-order chi connectivity index (χ0) is 83.8. The standard InChI is InChI=1S/C19H24N2O6.C18H26O11.C16H26N2O3.C15H22O5.C15H22O3S2/c1-23-18-11-16(4-5-17(18)22)19(26-9-10-27-19)25-8-7-24-6-2-3-15-12-20-14-21-13-15;1-24-12-8-10(2-3-11(12)20)18(27-6-7-28-18)26-5-4-25-17-16(23)15(22)14(21)13(9-19)29-17;1-21-16-9-13(5-6-15(16)20)14-10-17-12-18(11-14)7-3-2-4-8-19;1-18-14-9-11(6-7-13(14)17)15-19-10-12(20-15)5-3-2-4-8-16;1-18-14-11-12(5-6-13(14)17)15(19-9-10-20-15)7-3-2-4-8-16/h4-5,11-14,22H,2-3,6-10H2,1H3;2-3,8,13-17,19-23H,4-7,9H2,1H3;5-6,9,14,17,19-20H,2-4,7-8,10-12H2,1H3;6-7,9,12,15-17H,2-5,8,10H2,1H3;5-6,11,16-17H,2-4,7-10H2,1H3/t;13?,14-,15?,16-,17+;;;/m.1.../s1. The van der Waals surface area contributed by atoms with Gasteiger partial charge in [-0.3, -0.25) is 4.90 Å². The number of aliphatic hydroxyl groups is 7. The molecule has 6 aliphatic rings. The molecule has 6 saturated heterocycles. The molecule has 0 radical (unpaired) electrons. The van der Waals surface area contributed by atoms with E-state index in [9.17, 15) is 46.0 Å². The van der Waals surface area contributed by atoms with Gasteiger partial charge in [-0.15, -0.1) is 23.5 Å². The van der Waals surface area contributed by atoms with Gasteiger partial charge in [-0.25, -0.2) is 9.97 Å². The summed E-state index contributed by atoms with van der Waals surface area (Å²) in [5, 5.41) is 117. The molecule has 5 unspecified atom stereocenters. The quantitative estimate of drug-likeness (QED) is 0.0163. The molecule has 6 aromatic rings. The van der Waals surface area contributed by atoms with Gasteiger partial charge < -0.3 is 142 Å². The van der Waals surface area contributed by atoms with Crippen LogP contribution in [0.2, 0.25) is 0 Å². The lowest BCUT2D eigenvalue weighted by molar-refractivity contribution is -0.352. The van der Waals surface area contributed by atoms with Crippen LogP contribution in [0, 0.1) is 0 Å². The second-order valence-electron chi connectivity index (χ2n) is 27.9. The first-order valence-electron chi connectivity index (χ1n) is 39.6. The van der Waals surface area contributed by atoms with E-state index in [-0.39, 0.29) is 90.9 Å². The van der Waals surface area contributed by atoms with Crippen LogP contribution in [-0.4, -0.2) is 279 Å². The number of hydrogen-bond donors (Lipinski definition) is 13. The van der Waals surface area contributed by atoms with E-state index in [1.165, 1.54) is 57.0 Å². The molecule has 6 aliphatic heterocycles. The topological polar surface area (TPSA) is 431 Å². The van der Waals surface area contributed by atoms with E-state index in [0.29, 0.717) is 79.7 Å². The fourth-order valence-corrected chi connectivity index (χ4v) is 16.8. The zero-order valence-electron chi connectivity index (χ0n) is 67.4. The first kappa shape index (κ1) is 95.6. The van der Waals surface area contributed by atoms with Crippen molar-refractivity contribution in [2.45, 2.75) is 149 Å². The van der Waals surface area contributed by atoms with Gasteiger partial charge >= 0.3 is 11.9 Å². The third-order valence-corrected chi connectivity index (χ3v) is 23.3. The number of hydrogen-bond acceptors (Lipinski definition) is 34. The molecule has 13 N–H and O–H groups in total. The Hall–Kier alpha value is -6.92. The molecule has 117 heavy (non-hydrogen) atoms. The molecule has 32 nitrogen and oxygen atoms in total. The van der Waals surface area contributed by atoms with Crippen LogP contribution in [0.5, 0.6) is 57.5 Å². The minimum Gasteiger partial charge on any atom is -0.504 e. The molecule has 0 amide bonds. The molecule has 6 fully saturated rings. The maximum atomic E-state index is 9.97. The largest absolute Gasteiger partial charge is 0.504 e. The highest BCUT2D eigenvalue weighted by Gasteiger charge is 2.46. The van der Waals surface area contributed by atoms with Crippen LogP contribution in [0.3, 0.4) is 0 Å².